The van der Waals surface area contributed by atoms with Crippen molar-refractivity contribution in [3.63, 3.8) is 0 Å². The van der Waals surface area contributed by atoms with Crippen molar-refractivity contribution in [2.24, 2.45) is 5.73 Å². The van der Waals surface area contributed by atoms with Crippen LogP contribution in [-0.2, 0) is 0 Å². The van der Waals surface area contributed by atoms with Crippen LogP contribution in [0.1, 0.15) is 19.4 Å². The Morgan fingerprint density at radius 1 is 1.41 bits per heavy atom. The van der Waals surface area contributed by atoms with Crippen molar-refractivity contribution < 1.29 is 0 Å². The van der Waals surface area contributed by atoms with E-state index in [4.69, 9.17) is 11.1 Å². The highest BCUT2D eigenvalue weighted by molar-refractivity contribution is 8.00. The lowest BCUT2D eigenvalue weighted by atomic mass is 10.1. The maximum atomic E-state index is 7.66. The number of benzene rings is 1. The highest BCUT2D eigenvalue weighted by Gasteiger charge is 2.26. The molecule has 0 amide bonds. The maximum Gasteiger partial charge on any atom is 0.124 e. The van der Waals surface area contributed by atoms with Crippen LogP contribution in [0.4, 0.5) is 5.69 Å². The van der Waals surface area contributed by atoms with Crippen LogP contribution in [0, 0.1) is 5.41 Å². The van der Waals surface area contributed by atoms with Gasteiger partial charge in [0, 0.05) is 34.8 Å². The first-order chi connectivity index (χ1) is 8.11. The number of anilines is 1. The van der Waals surface area contributed by atoms with Crippen molar-refractivity contribution in [3.05, 3.63) is 29.8 Å². The van der Waals surface area contributed by atoms with Crippen LogP contribution in [0.5, 0.6) is 0 Å². The van der Waals surface area contributed by atoms with Crippen molar-refractivity contribution in [1.82, 2.24) is 0 Å². The Balaban J connectivity index is 2.36. The predicted molar refractivity (Wildman–Crippen MR) is 76.2 cm³/mol. The smallest absolute Gasteiger partial charge is 0.124 e. The average Bonchev–Trinajstić information content (AvgIpc) is 2.33. The number of nitrogen functional groups attached to an aromatic ring is 1. The molecule has 0 aliphatic carbocycles. The Labute approximate surface area is 107 Å². The molecule has 0 bridgehead atoms. The fourth-order valence-electron chi connectivity index (χ4n) is 2.22. The molecule has 1 aliphatic rings. The van der Waals surface area contributed by atoms with Gasteiger partial charge in [0.25, 0.3) is 0 Å². The number of rotatable bonds is 2. The second kappa shape index (κ2) is 5.00. The van der Waals surface area contributed by atoms with Crippen molar-refractivity contribution in [3.8, 4) is 0 Å². The Morgan fingerprint density at radius 2 is 2.12 bits per heavy atom. The number of hydrogen-bond acceptors (Lipinski definition) is 3. The van der Waals surface area contributed by atoms with E-state index < -0.39 is 0 Å². The zero-order valence-electron chi connectivity index (χ0n) is 10.3. The molecular formula is C13H19N3S. The lowest BCUT2D eigenvalue weighted by molar-refractivity contribution is 0.627. The van der Waals surface area contributed by atoms with Gasteiger partial charge in [0.2, 0.25) is 0 Å². The summed E-state index contributed by atoms with van der Waals surface area (Å²) in [6, 6.07) is 8.43. The minimum Gasteiger partial charge on any atom is -0.384 e. The van der Waals surface area contributed by atoms with Gasteiger partial charge in [-0.25, -0.2) is 0 Å². The fraction of sp³-hybridized carbons (Fsp3) is 0.462. The van der Waals surface area contributed by atoms with Crippen LogP contribution in [0.3, 0.4) is 0 Å². The normalized spacial score (nSPS) is 24.7. The number of nitrogens with two attached hydrogens (primary N) is 1. The Morgan fingerprint density at radius 3 is 2.82 bits per heavy atom. The molecule has 1 saturated heterocycles. The highest BCUT2D eigenvalue weighted by atomic mass is 32.2. The van der Waals surface area contributed by atoms with E-state index in [0.717, 1.165) is 23.5 Å². The van der Waals surface area contributed by atoms with E-state index >= 15 is 0 Å². The largest absolute Gasteiger partial charge is 0.384 e. The summed E-state index contributed by atoms with van der Waals surface area (Å²) in [6.45, 7) is 5.53. The third-order valence-electron chi connectivity index (χ3n) is 3.39. The molecule has 2 atom stereocenters. The standard InChI is InChI=1S/C13H19N3S/c1-9-10(2)17-8-7-16(9)12-6-4-3-5-11(12)13(14)15/h3-6,9-10H,7-8H2,1-2H3,(H3,14,15). The molecule has 4 heteroatoms. The summed E-state index contributed by atoms with van der Waals surface area (Å²) in [6.07, 6.45) is 0. The van der Waals surface area contributed by atoms with Crippen LogP contribution in [-0.4, -0.2) is 29.4 Å². The molecule has 92 valence electrons. The Kier molecular flexibility index (Phi) is 3.62. The fourth-order valence-corrected chi connectivity index (χ4v) is 3.32. The Hall–Kier alpha value is -1.16. The minimum absolute atomic E-state index is 0.152. The summed E-state index contributed by atoms with van der Waals surface area (Å²) in [5.74, 6) is 1.29. The molecule has 0 aromatic heterocycles. The van der Waals surface area contributed by atoms with E-state index in [1.807, 2.05) is 30.0 Å². The molecule has 3 N–H and O–H groups in total. The molecule has 17 heavy (non-hydrogen) atoms. The van der Waals surface area contributed by atoms with E-state index in [-0.39, 0.29) is 5.84 Å². The van der Waals surface area contributed by atoms with Gasteiger partial charge >= 0.3 is 0 Å². The highest BCUT2D eigenvalue weighted by Crippen LogP contribution is 2.30. The number of hydrogen-bond donors (Lipinski definition) is 2. The number of amidine groups is 1. The van der Waals surface area contributed by atoms with Crippen molar-refractivity contribution in [1.29, 1.82) is 5.41 Å². The summed E-state index contributed by atoms with van der Waals surface area (Å²) in [5, 5.41) is 8.27. The van der Waals surface area contributed by atoms with Crippen LogP contribution in [0.2, 0.25) is 0 Å². The van der Waals surface area contributed by atoms with Crippen molar-refractivity contribution >= 4 is 23.3 Å². The summed E-state index contributed by atoms with van der Waals surface area (Å²) in [7, 11) is 0. The summed E-state index contributed by atoms with van der Waals surface area (Å²) < 4.78 is 0. The zero-order valence-corrected chi connectivity index (χ0v) is 11.1. The SMILES string of the molecule is CC1SCCN(c2ccccc2C(=N)N)C1C. The molecule has 2 unspecified atom stereocenters. The Bertz CT molecular complexity index is 419. The van der Waals surface area contributed by atoms with Gasteiger partial charge in [-0.15, -0.1) is 0 Å². The van der Waals surface area contributed by atoms with Crippen molar-refractivity contribution in [2.45, 2.75) is 25.1 Å². The van der Waals surface area contributed by atoms with E-state index in [2.05, 4.69) is 24.8 Å². The van der Waals surface area contributed by atoms with E-state index in [9.17, 15) is 0 Å². The number of thioether (sulfide) groups is 1. The molecule has 0 saturated carbocycles. The van der Waals surface area contributed by atoms with Gasteiger partial charge in [0.1, 0.15) is 5.84 Å². The molecule has 1 aromatic rings. The van der Waals surface area contributed by atoms with Crippen molar-refractivity contribution in [2.75, 3.05) is 17.2 Å². The monoisotopic (exact) mass is 249 g/mol. The lowest BCUT2D eigenvalue weighted by Crippen LogP contribution is -2.45. The van der Waals surface area contributed by atoms with Crippen LogP contribution >= 0.6 is 11.8 Å². The third kappa shape index (κ3) is 2.41. The third-order valence-corrected chi connectivity index (χ3v) is 4.73. The lowest BCUT2D eigenvalue weighted by Gasteiger charge is -2.40. The minimum atomic E-state index is 0.152. The quantitative estimate of drug-likeness (QED) is 0.624. The molecule has 2 rings (SSSR count). The van der Waals surface area contributed by atoms with Crippen LogP contribution < -0.4 is 10.6 Å². The topological polar surface area (TPSA) is 53.1 Å². The van der Waals surface area contributed by atoms with Gasteiger partial charge in [0.15, 0.2) is 0 Å². The van der Waals surface area contributed by atoms with Gasteiger partial charge in [-0.05, 0) is 19.1 Å². The van der Waals surface area contributed by atoms with E-state index in [1.54, 1.807) is 0 Å². The van der Waals surface area contributed by atoms with Crippen LogP contribution in [0.25, 0.3) is 0 Å². The number of nitrogens with one attached hydrogen (secondary N) is 1. The van der Waals surface area contributed by atoms with E-state index in [0.29, 0.717) is 11.3 Å². The molecule has 3 nitrogen and oxygen atoms in total. The van der Waals surface area contributed by atoms with Crippen LogP contribution in [0.15, 0.2) is 24.3 Å². The molecule has 1 heterocycles. The summed E-state index contributed by atoms with van der Waals surface area (Å²) >= 11 is 2.01. The second-order valence-electron chi connectivity index (χ2n) is 4.44. The first kappa shape index (κ1) is 12.3. The first-order valence-electron chi connectivity index (χ1n) is 5.93. The number of para-hydroxylation sites is 1. The van der Waals surface area contributed by atoms with Gasteiger partial charge in [-0.3, -0.25) is 5.41 Å². The summed E-state index contributed by atoms with van der Waals surface area (Å²) in [5.41, 5.74) is 7.60. The van der Waals surface area contributed by atoms with E-state index in [1.165, 1.54) is 0 Å². The average molecular weight is 249 g/mol. The predicted octanol–water partition coefficient (Wildman–Crippen LogP) is 2.30. The van der Waals surface area contributed by atoms with Gasteiger partial charge in [-0.2, -0.15) is 11.8 Å². The summed E-state index contributed by atoms with van der Waals surface area (Å²) in [4.78, 5) is 2.37. The molecule has 0 spiro atoms. The molecule has 1 aliphatic heterocycles. The second-order valence-corrected chi connectivity index (χ2v) is 5.93. The first-order valence-corrected chi connectivity index (χ1v) is 6.98. The molecular weight excluding hydrogens is 230 g/mol. The molecule has 1 fully saturated rings. The maximum absolute atomic E-state index is 7.66. The zero-order chi connectivity index (χ0) is 12.4. The number of nitrogens with zero attached hydrogens (tertiary/aromatic N) is 1. The van der Waals surface area contributed by atoms with Gasteiger partial charge < -0.3 is 10.6 Å². The van der Waals surface area contributed by atoms with Gasteiger partial charge in [0.05, 0.1) is 0 Å². The molecule has 0 radical (unpaired) electrons. The molecule has 1 aromatic carbocycles. The van der Waals surface area contributed by atoms with Gasteiger partial charge in [-0.1, -0.05) is 19.1 Å².